The largest absolute Gasteiger partial charge is 0.465 e. The normalized spacial score (nSPS) is 19.0. The summed E-state index contributed by atoms with van der Waals surface area (Å²) in [6.07, 6.45) is 2.34. The second-order valence-corrected chi connectivity index (χ2v) is 9.19. The molecule has 1 aliphatic rings. The Kier molecular flexibility index (Phi) is 6.71. The van der Waals surface area contributed by atoms with E-state index in [-0.39, 0.29) is 17.5 Å². The van der Waals surface area contributed by atoms with Crippen LogP contribution in [0.5, 0.6) is 0 Å². The molecule has 1 unspecified atom stereocenters. The zero-order valence-electron chi connectivity index (χ0n) is 18.0. The quantitative estimate of drug-likeness (QED) is 0.706. The molecule has 1 aromatic heterocycles. The number of hydrogen-bond donors (Lipinski definition) is 2. The predicted molar refractivity (Wildman–Crippen MR) is 120 cm³/mol. The van der Waals surface area contributed by atoms with Gasteiger partial charge in [0.05, 0.1) is 24.0 Å². The first kappa shape index (κ1) is 22.2. The molecule has 30 heavy (non-hydrogen) atoms. The van der Waals surface area contributed by atoms with Crippen molar-refractivity contribution in [2.24, 2.45) is 5.41 Å². The highest BCUT2D eigenvalue weighted by molar-refractivity contribution is 6.35. The first-order valence-electron chi connectivity index (χ1n) is 10.2. The van der Waals surface area contributed by atoms with Crippen LogP contribution in [0.3, 0.4) is 0 Å². The molecule has 1 saturated heterocycles. The number of aromatic nitrogens is 2. The summed E-state index contributed by atoms with van der Waals surface area (Å²) >= 11 is 6.74. The third-order valence-corrected chi connectivity index (χ3v) is 6.05. The van der Waals surface area contributed by atoms with Crippen LogP contribution >= 0.6 is 11.6 Å². The van der Waals surface area contributed by atoms with Crippen molar-refractivity contribution in [2.75, 3.05) is 30.4 Å². The number of anilines is 2. The molecule has 0 radical (unpaired) electrons. The summed E-state index contributed by atoms with van der Waals surface area (Å²) < 4.78 is 0. The van der Waals surface area contributed by atoms with E-state index in [1.54, 1.807) is 13.2 Å². The fraction of sp³-hybridized carbons (Fsp3) is 0.500. The number of rotatable bonds is 6. The lowest BCUT2D eigenvalue weighted by atomic mass is 9.82. The Morgan fingerprint density at radius 2 is 2.03 bits per heavy atom. The zero-order valence-corrected chi connectivity index (χ0v) is 18.7. The van der Waals surface area contributed by atoms with E-state index >= 15 is 0 Å². The molecule has 2 aromatic rings. The number of nitrogens with one attached hydrogen (secondary N) is 1. The summed E-state index contributed by atoms with van der Waals surface area (Å²) in [4.78, 5) is 15.2. The molecule has 2 N–H and O–H groups in total. The van der Waals surface area contributed by atoms with Crippen molar-refractivity contribution in [3.05, 3.63) is 47.1 Å². The van der Waals surface area contributed by atoms with Gasteiger partial charge in [-0.15, -0.1) is 5.10 Å². The van der Waals surface area contributed by atoms with Crippen molar-refractivity contribution in [1.29, 1.82) is 0 Å². The second-order valence-electron chi connectivity index (χ2n) is 8.81. The molecule has 2 atom stereocenters. The van der Waals surface area contributed by atoms with Gasteiger partial charge in [0.25, 0.3) is 0 Å². The Morgan fingerprint density at radius 3 is 2.67 bits per heavy atom. The number of carbonyl (C=O) groups is 1. The second kappa shape index (κ2) is 9.08. The SMILES string of the molecule is CN(C(=O)O)C1CCN(c2cnnc(NCCc3ccccc3)c2Cl)[C@@H]1C(C)(C)C. The zero-order chi connectivity index (χ0) is 21.9. The molecule has 0 spiro atoms. The molecule has 0 aliphatic carbocycles. The lowest BCUT2D eigenvalue weighted by Crippen LogP contribution is -2.52. The summed E-state index contributed by atoms with van der Waals surface area (Å²) in [6.45, 7) is 7.77. The van der Waals surface area contributed by atoms with Crippen LogP contribution < -0.4 is 10.2 Å². The fourth-order valence-corrected chi connectivity index (χ4v) is 4.55. The topological polar surface area (TPSA) is 81.6 Å². The van der Waals surface area contributed by atoms with E-state index in [0.29, 0.717) is 23.9 Å². The van der Waals surface area contributed by atoms with Gasteiger partial charge in [-0.2, -0.15) is 5.10 Å². The first-order valence-corrected chi connectivity index (χ1v) is 10.6. The minimum atomic E-state index is -0.918. The predicted octanol–water partition coefficient (Wildman–Crippen LogP) is 4.39. The average molecular weight is 432 g/mol. The summed E-state index contributed by atoms with van der Waals surface area (Å²) in [6, 6.07) is 10.1. The van der Waals surface area contributed by atoms with Gasteiger partial charge in [-0.25, -0.2) is 4.79 Å². The molecule has 1 aromatic carbocycles. The van der Waals surface area contributed by atoms with Crippen LogP contribution in [0.1, 0.15) is 32.8 Å². The molecule has 3 rings (SSSR count). The Balaban J connectivity index is 1.80. The first-order chi connectivity index (χ1) is 14.2. The summed E-state index contributed by atoms with van der Waals surface area (Å²) in [5, 5.41) is 21.7. The molecule has 2 heterocycles. The summed E-state index contributed by atoms with van der Waals surface area (Å²) in [5.41, 5.74) is 1.87. The number of amides is 1. The van der Waals surface area contributed by atoms with Gasteiger partial charge < -0.3 is 20.2 Å². The maximum atomic E-state index is 11.6. The number of benzene rings is 1. The molecular weight excluding hydrogens is 402 g/mol. The standard InChI is InChI=1S/C22H30ClN5O2/c1-22(2,3)19-16(27(4)21(29)30)11-13-28(19)17-14-25-26-20(18(17)23)24-12-10-15-8-6-5-7-9-15/h5-9,14,16,19H,10-13H2,1-4H3,(H,24,26)(H,29,30)/t16?,19-/m0/s1. The molecule has 162 valence electrons. The van der Waals surface area contributed by atoms with Crippen molar-refractivity contribution in [3.63, 3.8) is 0 Å². The van der Waals surface area contributed by atoms with Crippen LogP contribution in [0, 0.1) is 5.41 Å². The van der Waals surface area contributed by atoms with Gasteiger partial charge >= 0.3 is 6.09 Å². The van der Waals surface area contributed by atoms with Gasteiger partial charge in [0.1, 0.15) is 5.02 Å². The van der Waals surface area contributed by atoms with Crippen LogP contribution in [0.15, 0.2) is 36.5 Å². The molecular formula is C22H30ClN5O2. The van der Waals surface area contributed by atoms with Gasteiger partial charge in [0, 0.05) is 20.1 Å². The van der Waals surface area contributed by atoms with Crippen molar-refractivity contribution < 1.29 is 9.90 Å². The Labute approximate surface area is 183 Å². The Bertz CT molecular complexity index is 872. The summed E-state index contributed by atoms with van der Waals surface area (Å²) in [5.74, 6) is 0.549. The van der Waals surface area contributed by atoms with E-state index in [2.05, 4.69) is 53.3 Å². The number of halogens is 1. The maximum Gasteiger partial charge on any atom is 0.407 e. The Morgan fingerprint density at radius 1 is 1.33 bits per heavy atom. The van der Waals surface area contributed by atoms with E-state index in [4.69, 9.17) is 11.6 Å². The van der Waals surface area contributed by atoms with Gasteiger partial charge in [-0.3, -0.25) is 0 Å². The Hall–Kier alpha value is -2.54. The third-order valence-electron chi connectivity index (χ3n) is 5.68. The highest BCUT2D eigenvalue weighted by atomic mass is 35.5. The smallest absolute Gasteiger partial charge is 0.407 e. The minimum Gasteiger partial charge on any atom is -0.465 e. The minimum absolute atomic E-state index is 0.0301. The van der Waals surface area contributed by atoms with Crippen molar-refractivity contribution >= 4 is 29.2 Å². The van der Waals surface area contributed by atoms with Crippen LogP contribution in [0.2, 0.25) is 5.02 Å². The van der Waals surface area contributed by atoms with Crippen LogP contribution in [0.4, 0.5) is 16.3 Å². The molecule has 8 heteroatoms. The number of likely N-dealkylation sites (N-methyl/N-ethyl adjacent to an activating group) is 1. The van der Waals surface area contributed by atoms with Crippen LogP contribution in [-0.2, 0) is 6.42 Å². The van der Waals surface area contributed by atoms with E-state index in [9.17, 15) is 9.90 Å². The van der Waals surface area contributed by atoms with Gasteiger partial charge in [-0.05, 0) is 23.8 Å². The van der Waals surface area contributed by atoms with Gasteiger partial charge in [-0.1, -0.05) is 62.7 Å². The van der Waals surface area contributed by atoms with E-state index in [1.807, 2.05) is 18.2 Å². The summed E-state index contributed by atoms with van der Waals surface area (Å²) in [7, 11) is 1.64. The molecule has 7 nitrogen and oxygen atoms in total. The molecule has 0 saturated carbocycles. The molecule has 1 aliphatic heterocycles. The number of hydrogen-bond acceptors (Lipinski definition) is 5. The highest BCUT2D eigenvalue weighted by Crippen LogP contribution is 2.41. The lowest BCUT2D eigenvalue weighted by molar-refractivity contribution is 0.121. The van der Waals surface area contributed by atoms with E-state index < -0.39 is 6.09 Å². The third kappa shape index (κ3) is 4.78. The number of nitrogens with zero attached hydrogens (tertiary/aromatic N) is 4. The fourth-order valence-electron chi connectivity index (χ4n) is 4.28. The number of carboxylic acid groups (broad SMARTS) is 1. The van der Waals surface area contributed by atoms with Crippen LogP contribution in [-0.4, -0.2) is 58.5 Å². The molecule has 1 fully saturated rings. The lowest BCUT2D eigenvalue weighted by Gasteiger charge is -2.41. The van der Waals surface area contributed by atoms with E-state index in [0.717, 1.165) is 18.5 Å². The van der Waals surface area contributed by atoms with Crippen LogP contribution in [0.25, 0.3) is 0 Å². The van der Waals surface area contributed by atoms with Crippen molar-refractivity contribution in [1.82, 2.24) is 15.1 Å². The average Bonchev–Trinajstić information content (AvgIpc) is 3.15. The van der Waals surface area contributed by atoms with E-state index in [1.165, 1.54) is 10.5 Å². The van der Waals surface area contributed by atoms with Gasteiger partial charge in [0.2, 0.25) is 0 Å². The monoisotopic (exact) mass is 431 g/mol. The molecule has 1 amide bonds. The maximum absolute atomic E-state index is 11.6. The van der Waals surface area contributed by atoms with Gasteiger partial charge in [0.15, 0.2) is 5.82 Å². The molecule has 0 bridgehead atoms. The highest BCUT2D eigenvalue weighted by Gasteiger charge is 2.45. The van der Waals surface area contributed by atoms with Crippen molar-refractivity contribution in [2.45, 2.75) is 45.7 Å². The van der Waals surface area contributed by atoms with Crippen molar-refractivity contribution in [3.8, 4) is 0 Å².